The van der Waals surface area contributed by atoms with Crippen LogP contribution >= 0.6 is 0 Å². The average molecular weight is 505 g/mol. The van der Waals surface area contributed by atoms with E-state index in [9.17, 15) is 10.1 Å². The standard InChI is InChI=1S/C27H36N8O2/c1-8-11-32(7)21-16-35(22-12-20(13-28)9-10-29-22)25-23(21)24(30-17-31-25)33-14-19(3)34(15-18(33)2)26(36)37-27(4,5)6/h9-10,12,16-19H,8,11,14-15H2,1-7H3/t18-,19+/m0/s1. The number of amides is 1. The number of rotatable bonds is 5. The normalized spacial score (nSPS) is 18.1. The number of pyridine rings is 1. The van der Waals surface area contributed by atoms with E-state index in [0.717, 1.165) is 35.5 Å². The molecule has 0 aliphatic carbocycles. The number of hydrogen-bond acceptors (Lipinski definition) is 8. The Morgan fingerprint density at radius 2 is 1.97 bits per heavy atom. The zero-order valence-electron chi connectivity index (χ0n) is 22.8. The van der Waals surface area contributed by atoms with Crippen molar-refractivity contribution in [3.8, 4) is 11.9 Å². The zero-order valence-corrected chi connectivity index (χ0v) is 22.8. The van der Waals surface area contributed by atoms with Gasteiger partial charge in [0.15, 0.2) is 5.65 Å². The first-order chi connectivity index (χ1) is 17.5. The molecule has 1 fully saturated rings. The molecule has 196 valence electrons. The fraction of sp³-hybridized carbons (Fsp3) is 0.519. The lowest BCUT2D eigenvalue weighted by molar-refractivity contribution is 0.0130. The number of nitrogens with zero attached hydrogens (tertiary/aromatic N) is 8. The van der Waals surface area contributed by atoms with Crippen molar-refractivity contribution in [2.24, 2.45) is 0 Å². The second kappa shape index (κ2) is 10.2. The Balaban J connectivity index is 1.78. The highest BCUT2D eigenvalue weighted by atomic mass is 16.6. The molecule has 10 nitrogen and oxygen atoms in total. The van der Waals surface area contributed by atoms with Gasteiger partial charge in [0, 0.05) is 51.2 Å². The van der Waals surface area contributed by atoms with Crippen LogP contribution in [0.4, 0.5) is 16.3 Å². The van der Waals surface area contributed by atoms with Gasteiger partial charge >= 0.3 is 6.09 Å². The molecule has 4 rings (SSSR count). The SMILES string of the molecule is CCCN(C)c1cn(-c2cc(C#N)ccn2)c2ncnc(N3C[C@@H](C)N(C(=O)OC(C)(C)C)C[C@@H]3C)c12. The van der Waals surface area contributed by atoms with E-state index in [1.165, 1.54) is 0 Å². The van der Waals surface area contributed by atoms with E-state index in [1.54, 1.807) is 29.6 Å². The monoisotopic (exact) mass is 504 g/mol. The van der Waals surface area contributed by atoms with Crippen LogP contribution in [-0.2, 0) is 4.74 Å². The average Bonchev–Trinajstić information content (AvgIpc) is 3.24. The van der Waals surface area contributed by atoms with E-state index in [1.807, 2.05) is 38.5 Å². The second-order valence-corrected chi connectivity index (χ2v) is 10.7. The van der Waals surface area contributed by atoms with Crippen LogP contribution in [0.1, 0.15) is 53.5 Å². The van der Waals surface area contributed by atoms with Crippen molar-refractivity contribution < 1.29 is 9.53 Å². The number of aromatic nitrogens is 4. The highest BCUT2D eigenvalue weighted by Gasteiger charge is 2.36. The molecule has 4 heterocycles. The molecule has 3 aromatic heterocycles. The molecule has 0 saturated carbocycles. The van der Waals surface area contributed by atoms with Crippen LogP contribution in [0.25, 0.3) is 16.9 Å². The Morgan fingerprint density at radius 1 is 1.22 bits per heavy atom. The van der Waals surface area contributed by atoms with Crippen molar-refractivity contribution in [1.82, 2.24) is 24.4 Å². The topological polar surface area (TPSA) is 103 Å². The van der Waals surface area contributed by atoms with Gasteiger partial charge in [-0.2, -0.15) is 5.26 Å². The van der Waals surface area contributed by atoms with Gasteiger partial charge in [-0.05, 0) is 53.2 Å². The van der Waals surface area contributed by atoms with Gasteiger partial charge in [0.2, 0.25) is 0 Å². The Hall–Kier alpha value is -3.87. The molecular formula is C27H36N8O2. The summed E-state index contributed by atoms with van der Waals surface area (Å²) in [4.78, 5) is 33.0. The number of nitriles is 1. The largest absolute Gasteiger partial charge is 0.444 e. The minimum Gasteiger partial charge on any atom is -0.444 e. The van der Waals surface area contributed by atoms with Crippen molar-refractivity contribution in [2.75, 3.05) is 36.5 Å². The van der Waals surface area contributed by atoms with Crippen LogP contribution in [0.15, 0.2) is 30.9 Å². The minimum atomic E-state index is -0.547. The van der Waals surface area contributed by atoms with Crippen LogP contribution < -0.4 is 9.80 Å². The van der Waals surface area contributed by atoms with Gasteiger partial charge < -0.3 is 19.4 Å². The molecule has 0 spiro atoms. The fourth-order valence-electron chi connectivity index (χ4n) is 4.78. The molecule has 1 amide bonds. The van der Waals surface area contributed by atoms with Crippen molar-refractivity contribution in [3.63, 3.8) is 0 Å². The number of carbonyl (C=O) groups is 1. The molecule has 0 N–H and O–H groups in total. The highest BCUT2D eigenvalue weighted by Crippen LogP contribution is 2.37. The third kappa shape index (κ3) is 5.31. The molecule has 2 atom stereocenters. The summed E-state index contributed by atoms with van der Waals surface area (Å²) in [5.74, 6) is 1.45. The van der Waals surface area contributed by atoms with Gasteiger partial charge in [-0.1, -0.05) is 6.92 Å². The molecule has 10 heteroatoms. The molecule has 3 aromatic rings. The van der Waals surface area contributed by atoms with E-state index in [-0.39, 0.29) is 18.2 Å². The van der Waals surface area contributed by atoms with Crippen molar-refractivity contribution in [1.29, 1.82) is 5.26 Å². The Bertz CT molecular complexity index is 1320. The van der Waals surface area contributed by atoms with E-state index >= 15 is 0 Å². The fourth-order valence-corrected chi connectivity index (χ4v) is 4.78. The summed E-state index contributed by atoms with van der Waals surface area (Å²) in [5.41, 5.74) is 1.70. The number of hydrogen-bond donors (Lipinski definition) is 0. The van der Waals surface area contributed by atoms with Crippen LogP contribution in [0.5, 0.6) is 0 Å². The first kappa shape index (κ1) is 26.2. The Kier molecular flexibility index (Phi) is 7.25. The lowest BCUT2D eigenvalue weighted by Crippen LogP contribution is -2.59. The quantitative estimate of drug-likeness (QED) is 0.505. The van der Waals surface area contributed by atoms with E-state index < -0.39 is 5.60 Å². The summed E-state index contributed by atoms with van der Waals surface area (Å²) in [5, 5.41) is 10.3. The summed E-state index contributed by atoms with van der Waals surface area (Å²) in [7, 11) is 2.06. The first-order valence-corrected chi connectivity index (χ1v) is 12.7. The molecule has 0 unspecified atom stereocenters. The number of ether oxygens (including phenoxy) is 1. The Labute approximate surface area is 218 Å². The molecule has 1 saturated heterocycles. The molecule has 1 aliphatic rings. The molecule has 0 aromatic carbocycles. The molecule has 0 bridgehead atoms. The predicted molar refractivity (Wildman–Crippen MR) is 144 cm³/mol. The van der Waals surface area contributed by atoms with Gasteiger partial charge in [-0.25, -0.2) is 19.7 Å². The molecular weight excluding hydrogens is 468 g/mol. The first-order valence-electron chi connectivity index (χ1n) is 12.7. The maximum atomic E-state index is 12.9. The third-order valence-corrected chi connectivity index (χ3v) is 6.52. The van der Waals surface area contributed by atoms with Gasteiger partial charge in [-0.3, -0.25) is 4.57 Å². The number of piperazine rings is 1. The summed E-state index contributed by atoms with van der Waals surface area (Å²) in [6, 6.07) is 5.58. The van der Waals surface area contributed by atoms with Gasteiger partial charge in [0.1, 0.15) is 23.6 Å². The van der Waals surface area contributed by atoms with Crippen LogP contribution in [0, 0.1) is 11.3 Å². The van der Waals surface area contributed by atoms with Crippen molar-refractivity contribution in [3.05, 3.63) is 36.4 Å². The summed E-state index contributed by atoms with van der Waals surface area (Å²) >= 11 is 0. The van der Waals surface area contributed by atoms with Crippen molar-refractivity contribution in [2.45, 2.75) is 65.6 Å². The lowest BCUT2D eigenvalue weighted by atomic mass is 10.1. The van der Waals surface area contributed by atoms with E-state index in [0.29, 0.717) is 24.5 Å². The molecule has 37 heavy (non-hydrogen) atoms. The zero-order chi connectivity index (χ0) is 26.9. The lowest BCUT2D eigenvalue weighted by Gasteiger charge is -2.44. The number of anilines is 2. The number of carbonyl (C=O) groups excluding carboxylic acids is 1. The van der Waals surface area contributed by atoms with Gasteiger partial charge in [0.25, 0.3) is 0 Å². The smallest absolute Gasteiger partial charge is 0.410 e. The van der Waals surface area contributed by atoms with Gasteiger partial charge in [-0.15, -0.1) is 0 Å². The summed E-state index contributed by atoms with van der Waals surface area (Å²) < 4.78 is 7.58. The maximum Gasteiger partial charge on any atom is 0.410 e. The van der Waals surface area contributed by atoms with E-state index in [4.69, 9.17) is 9.72 Å². The maximum absolute atomic E-state index is 12.9. The Morgan fingerprint density at radius 3 is 2.65 bits per heavy atom. The number of fused-ring (bicyclic) bond motifs is 1. The molecule has 1 aliphatic heterocycles. The predicted octanol–water partition coefficient (Wildman–Crippen LogP) is 4.37. The van der Waals surface area contributed by atoms with Gasteiger partial charge in [0.05, 0.1) is 22.7 Å². The second-order valence-electron chi connectivity index (χ2n) is 10.7. The highest BCUT2D eigenvalue weighted by molar-refractivity contribution is 6.00. The summed E-state index contributed by atoms with van der Waals surface area (Å²) in [6.07, 6.45) is 5.92. The summed E-state index contributed by atoms with van der Waals surface area (Å²) in [6.45, 7) is 13.9. The van der Waals surface area contributed by atoms with Crippen LogP contribution in [0.3, 0.4) is 0 Å². The minimum absolute atomic E-state index is 0.00883. The molecule has 0 radical (unpaired) electrons. The third-order valence-electron chi connectivity index (χ3n) is 6.52. The van der Waals surface area contributed by atoms with Crippen LogP contribution in [0.2, 0.25) is 0 Å². The van der Waals surface area contributed by atoms with Crippen molar-refractivity contribution >= 4 is 28.6 Å². The van der Waals surface area contributed by atoms with E-state index in [2.05, 4.69) is 46.7 Å². The van der Waals surface area contributed by atoms with Crippen LogP contribution in [-0.4, -0.2) is 74.9 Å².